The Balaban J connectivity index is 1.76. The molecule has 27 heavy (non-hydrogen) atoms. The molecule has 1 fully saturated rings. The molecular formula is C20H30N2O5. The molecule has 2 amide bonds. The largest absolute Gasteiger partial charge is 0.445 e. The Kier molecular flexibility index (Phi) is 6.84. The molecule has 0 bridgehead atoms. The second kappa shape index (κ2) is 8.71. The lowest BCUT2D eigenvalue weighted by Gasteiger charge is -2.44. The molecule has 0 saturated carbocycles. The summed E-state index contributed by atoms with van der Waals surface area (Å²) in [5, 5.41) is 5.54. The van der Waals surface area contributed by atoms with Crippen LogP contribution in [0.15, 0.2) is 30.3 Å². The van der Waals surface area contributed by atoms with Crippen LogP contribution >= 0.6 is 0 Å². The van der Waals surface area contributed by atoms with Crippen molar-refractivity contribution in [3.8, 4) is 0 Å². The number of rotatable bonds is 6. The molecule has 1 aliphatic heterocycles. The van der Waals surface area contributed by atoms with Crippen molar-refractivity contribution in [3.05, 3.63) is 35.9 Å². The summed E-state index contributed by atoms with van der Waals surface area (Å²) in [5.74, 6) is -1.02. The van der Waals surface area contributed by atoms with Crippen LogP contribution in [0.25, 0.3) is 0 Å². The number of carbonyl (C=O) groups is 2. The summed E-state index contributed by atoms with van der Waals surface area (Å²) in [6, 6.07) is 9.15. The Hall–Kier alpha value is -2.12. The van der Waals surface area contributed by atoms with Gasteiger partial charge < -0.3 is 24.8 Å². The van der Waals surface area contributed by atoms with Crippen LogP contribution in [0.2, 0.25) is 0 Å². The van der Waals surface area contributed by atoms with Gasteiger partial charge in [0.2, 0.25) is 5.91 Å². The van der Waals surface area contributed by atoms with Gasteiger partial charge in [0.1, 0.15) is 12.7 Å². The van der Waals surface area contributed by atoms with Crippen LogP contribution in [0.5, 0.6) is 0 Å². The normalized spacial score (nSPS) is 21.7. The lowest BCUT2D eigenvalue weighted by atomic mass is 9.85. The average Bonchev–Trinajstić information content (AvgIpc) is 2.61. The van der Waals surface area contributed by atoms with Gasteiger partial charge in [-0.3, -0.25) is 4.79 Å². The predicted molar refractivity (Wildman–Crippen MR) is 101 cm³/mol. The molecule has 0 aromatic heterocycles. The topological polar surface area (TPSA) is 85.9 Å². The van der Waals surface area contributed by atoms with Gasteiger partial charge in [-0.25, -0.2) is 4.79 Å². The molecule has 0 radical (unpaired) electrons. The molecule has 2 rings (SSSR count). The third kappa shape index (κ3) is 6.52. The summed E-state index contributed by atoms with van der Waals surface area (Å²) in [5.41, 5.74) is 0.473. The first kappa shape index (κ1) is 21.2. The van der Waals surface area contributed by atoms with Crippen LogP contribution < -0.4 is 10.6 Å². The molecule has 1 aliphatic rings. The van der Waals surface area contributed by atoms with Crippen molar-refractivity contribution in [2.45, 2.75) is 59.2 Å². The number of hydrogen-bond donors (Lipinski definition) is 2. The summed E-state index contributed by atoms with van der Waals surface area (Å²) in [6.45, 7) is 10.1. The van der Waals surface area contributed by atoms with E-state index in [2.05, 4.69) is 10.6 Å². The quantitative estimate of drug-likeness (QED) is 0.795. The zero-order valence-corrected chi connectivity index (χ0v) is 16.7. The highest BCUT2D eigenvalue weighted by atomic mass is 16.7. The van der Waals surface area contributed by atoms with Gasteiger partial charge in [0.25, 0.3) is 0 Å². The SMILES string of the molecule is C[C@H](CNC(=O)[C@@H]1OC(C)(C)OCC1(C)C)NC(=O)OCc1ccccc1. The molecular weight excluding hydrogens is 348 g/mol. The van der Waals surface area contributed by atoms with Gasteiger partial charge >= 0.3 is 6.09 Å². The van der Waals surface area contributed by atoms with E-state index in [-0.39, 0.29) is 25.1 Å². The fourth-order valence-electron chi connectivity index (χ4n) is 2.68. The molecule has 1 heterocycles. The lowest BCUT2D eigenvalue weighted by Crippen LogP contribution is -2.57. The summed E-state index contributed by atoms with van der Waals surface area (Å²) < 4.78 is 16.6. The van der Waals surface area contributed by atoms with Crippen molar-refractivity contribution in [3.63, 3.8) is 0 Å². The van der Waals surface area contributed by atoms with Crippen LogP contribution in [0.3, 0.4) is 0 Å². The van der Waals surface area contributed by atoms with Crippen LogP contribution in [0.1, 0.15) is 40.2 Å². The van der Waals surface area contributed by atoms with E-state index in [4.69, 9.17) is 14.2 Å². The molecule has 7 heteroatoms. The van der Waals surface area contributed by atoms with Crippen molar-refractivity contribution in [1.29, 1.82) is 0 Å². The van der Waals surface area contributed by atoms with E-state index in [0.717, 1.165) is 5.56 Å². The number of amides is 2. The van der Waals surface area contributed by atoms with E-state index >= 15 is 0 Å². The first-order valence-corrected chi connectivity index (χ1v) is 9.16. The minimum atomic E-state index is -0.803. The van der Waals surface area contributed by atoms with E-state index in [0.29, 0.717) is 6.61 Å². The van der Waals surface area contributed by atoms with Gasteiger partial charge in [-0.1, -0.05) is 44.2 Å². The van der Waals surface area contributed by atoms with Crippen molar-refractivity contribution in [2.75, 3.05) is 13.2 Å². The highest BCUT2D eigenvalue weighted by Crippen LogP contribution is 2.34. The zero-order chi connectivity index (χ0) is 20.1. The Morgan fingerprint density at radius 1 is 1.22 bits per heavy atom. The molecule has 0 spiro atoms. The number of alkyl carbamates (subject to hydrolysis) is 1. The molecule has 2 atom stereocenters. The summed E-state index contributed by atoms with van der Waals surface area (Å²) in [6.07, 6.45) is -1.15. The maximum Gasteiger partial charge on any atom is 0.407 e. The van der Waals surface area contributed by atoms with Crippen molar-refractivity contribution < 1.29 is 23.8 Å². The van der Waals surface area contributed by atoms with Crippen LogP contribution in [-0.2, 0) is 25.6 Å². The monoisotopic (exact) mass is 378 g/mol. The number of carbonyl (C=O) groups excluding carboxylic acids is 2. The average molecular weight is 378 g/mol. The lowest BCUT2D eigenvalue weighted by molar-refractivity contribution is -0.304. The Labute approximate surface area is 160 Å². The van der Waals surface area contributed by atoms with Gasteiger partial charge in [-0.15, -0.1) is 0 Å². The Bertz CT molecular complexity index is 645. The number of ether oxygens (including phenoxy) is 3. The second-order valence-corrected chi connectivity index (χ2v) is 8.03. The summed E-state index contributed by atoms with van der Waals surface area (Å²) >= 11 is 0. The zero-order valence-electron chi connectivity index (χ0n) is 16.7. The minimum absolute atomic E-state index is 0.199. The third-order valence-corrected chi connectivity index (χ3v) is 4.30. The van der Waals surface area contributed by atoms with Crippen LogP contribution in [-0.4, -0.2) is 43.1 Å². The fourth-order valence-corrected chi connectivity index (χ4v) is 2.68. The summed E-state index contributed by atoms with van der Waals surface area (Å²) in [7, 11) is 0. The molecule has 2 N–H and O–H groups in total. The van der Waals surface area contributed by atoms with Crippen molar-refractivity contribution >= 4 is 12.0 Å². The smallest absolute Gasteiger partial charge is 0.407 e. The fraction of sp³-hybridized carbons (Fsp3) is 0.600. The van der Waals surface area contributed by atoms with Gasteiger partial charge in [0.05, 0.1) is 6.61 Å². The van der Waals surface area contributed by atoms with E-state index in [1.807, 2.05) is 44.2 Å². The van der Waals surface area contributed by atoms with Gasteiger partial charge in [0.15, 0.2) is 5.79 Å². The maximum atomic E-state index is 12.6. The highest BCUT2D eigenvalue weighted by molar-refractivity contribution is 5.82. The molecule has 1 saturated heterocycles. The molecule has 0 unspecified atom stereocenters. The number of hydrogen-bond acceptors (Lipinski definition) is 5. The first-order chi connectivity index (χ1) is 12.6. The first-order valence-electron chi connectivity index (χ1n) is 9.16. The van der Waals surface area contributed by atoms with Crippen LogP contribution in [0, 0.1) is 5.41 Å². The van der Waals surface area contributed by atoms with Gasteiger partial charge in [0, 0.05) is 18.0 Å². The molecule has 150 valence electrons. The highest BCUT2D eigenvalue weighted by Gasteiger charge is 2.45. The summed E-state index contributed by atoms with van der Waals surface area (Å²) in [4.78, 5) is 24.4. The van der Waals surface area contributed by atoms with Crippen LogP contribution in [0.4, 0.5) is 4.79 Å². The van der Waals surface area contributed by atoms with E-state index in [1.165, 1.54) is 0 Å². The van der Waals surface area contributed by atoms with E-state index in [9.17, 15) is 9.59 Å². The number of nitrogens with one attached hydrogen (secondary N) is 2. The van der Waals surface area contributed by atoms with Gasteiger partial charge in [-0.05, 0) is 26.3 Å². The Morgan fingerprint density at radius 2 is 1.89 bits per heavy atom. The minimum Gasteiger partial charge on any atom is -0.445 e. The van der Waals surface area contributed by atoms with Gasteiger partial charge in [-0.2, -0.15) is 0 Å². The Morgan fingerprint density at radius 3 is 2.56 bits per heavy atom. The maximum absolute atomic E-state index is 12.6. The third-order valence-electron chi connectivity index (χ3n) is 4.30. The van der Waals surface area contributed by atoms with E-state index in [1.54, 1.807) is 20.8 Å². The van der Waals surface area contributed by atoms with Crippen molar-refractivity contribution in [1.82, 2.24) is 10.6 Å². The van der Waals surface area contributed by atoms with Crippen molar-refractivity contribution in [2.24, 2.45) is 5.41 Å². The number of benzene rings is 1. The molecule has 1 aromatic rings. The standard InChI is InChI=1S/C20H30N2O5/c1-14(22-18(24)25-12-15-9-7-6-8-10-15)11-21-17(23)16-19(2,3)13-26-20(4,5)27-16/h6-10,14,16H,11-13H2,1-5H3,(H,21,23)(H,22,24)/t14-,16+/m1/s1. The second-order valence-electron chi connectivity index (χ2n) is 8.03. The predicted octanol–water partition coefficient (Wildman–Crippen LogP) is 2.60. The molecule has 7 nitrogen and oxygen atoms in total. The molecule has 0 aliphatic carbocycles. The van der Waals surface area contributed by atoms with E-state index < -0.39 is 23.4 Å². The molecule has 1 aromatic carbocycles.